The molecule has 4 heteroatoms. The minimum absolute atomic E-state index is 0.00231. The number of pyridine rings is 2. The van der Waals surface area contributed by atoms with E-state index in [-0.39, 0.29) is 5.78 Å². The molecule has 2 rings (SSSR count). The standard InChI is InChI=1S/C12H10BrN2O/c13-12-6-4-5-10(14-12)11(16)9-15-7-2-1-3-8-15/h1-8H,9H2/q+1. The summed E-state index contributed by atoms with van der Waals surface area (Å²) in [6.45, 7) is 0.310. The topological polar surface area (TPSA) is 33.8 Å². The molecule has 0 amide bonds. The summed E-state index contributed by atoms with van der Waals surface area (Å²) in [5, 5.41) is 0. The predicted molar refractivity (Wildman–Crippen MR) is 62.9 cm³/mol. The van der Waals surface area contributed by atoms with Gasteiger partial charge in [-0.1, -0.05) is 12.1 Å². The molecule has 0 radical (unpaired) electrons. The van der Waals surface area contributed by atoms with Gasteiger partial charge in [0.15, 0.2) is 12.4 Å². The number of carbonyl (C=O) groups excluding carboxylic acids is 1. The molecule has 0 unspecified atom stereocenters. The molecular formula is C12H10BrN2O+. The van der Waals surface area contributed by atoms with Crippen LogP contribution in [0.2, 0.25) is 0 Å². The zero-order chi connectivity index (χ0) is 11.4. The second-order valence-electron chi connectivity index (χ2n) is 3.32. The maximum Gasteiger partial charge on any atom is 0.245 e. The smallest absolute Gasteiger partial charge is 0.245 e. The third-order valence-corrected chi connectivity index (χ3v) is 2.55. The minimum Gasteiger partial charge on any atom is -0.285 e. The fraction of sp³-hybridized carbons (Fsp3) is 0.0833. The Kier molecular flexibility index (Phi) is 3.41. The van der Waals surface area contributed by atoms with Crippen molar-refractivity contribution in [3.05, 3.63) is 59.1 Å². The van der Waals surface area contributed by atoms with Crippen molar-refractivity contribution in [3.8, 4) is 0 Å². The van der Waals surface area contributed by atoms with Crippen molar-refractivity contribution in [1.82, 2.24) is 4.98 Å². The third-order valence-electron chi connectivity index (χ3n) is 2.10. The summed E-state index contributed by atoms with van der Waals surface area (Å²) >= 11 is 3.25. The fourth-order valence-electron chi connectivity index (χ4n) is 1.35. The van der Waals surface area contributed by atoms with E-state index in [1.54, 1.807) is 18.2 Å². The molecule has 0 aliphatic rings. The molecule has 0 spiro atoms. The number of Topliss-reactive ketones (excluding diaryl/α,β-unsaturated/α-hetero) is 1. The van der Waals surface area contributed by atoms with Gasteiger partial charge in [-0.3, -0.25) is 4.79 Å². The van der Waals surface area contributed by atoms with Gasteiger partial charge in [-0.2, -0.15) is 4.57 Å². The summed E-state index contributed by atoms with van der Waals surface area (Å²) in [7, 11) is 0. The zero-order valence-electron chi connectivity index (χ0n) is 8.51. The van der Waals surface area contributed by atoms with Crippen LogP contribution in [-0.2, 0) is 6.54 Å². The molecule has 0 bridgehead atoms. The quantitative estimate of drug-likeness (QED) is 0.489. The van der Waals surface area contributed by atoms with Crippen LogP contribution in [0.5, 0.6) is 0 Å². The Morgan fingerprint density at radius 1 is 1.19 bits per heavy atom. The average Bonchev–Trinajstić information content (AvgIpc) is 2.30. The Morgan fingerprint density at radius 3 is 2.62 bits per heavy atom. The van der Waals surface area contributed by atoms with E-state index >= 15 is 0 Å². The zero-order valence-corrected chi connectivity index (χ0v) is 10.1. The first-order valence-electron chi connectivity index (χ1n) is 4.85. The Bertz CT molecular complexity index is 499. The van der Waals surface area contributed by atoms with Gasteiger partial charge in [0, 0.05) is 12.1 Å². The van der Waals surface area contributed by atoms with Crippen LogP contribution >= 0.6 is 15.9 Å². The molecule has 0 atom stereocenters. The van der Waals surface area contributed by atoms with Gasteiger partial charge in [-0.05, 0) is 28.1 Å². The highest BCUT2D eigenvalue weighted by Gasteiger charge is 2.12. The number of rotatable bonds is 3. The van der Waals surface area contributed by atoms with Gasteiger partial charge in [0.05, 0.1) is 0 Å². The van der Waals surface area contributed by atoms with Crippen molar-refractivity contribution in [1.29, 1.82) is 0 Å². The largest absolute Gasteiger partial charge is 0.285 e. The lowest BCUT2D eigenvalue weighted by Crippen LogP contribution is -2.37. The summed E-state index contributed by atoms with van der Waals surface area (Å²) < 4.78 is 2.50. The molecule has 0 aliphatic carbocycles. The van der Waals surface area contributed by atoms with E-state index in [2.05, 4.69) is 20.9 Å². The van der Waals surface area contributed by atoms with E-state index in [4.69, 9.17) is 0 Å². The van der Waals surface area contributed by atoms with Crippen LogP contribution in [0.3, 0.4) is 0 Å². The summed E-state index contributed by atoms with van der Waals surface area (Å²) in [5.41, 5.74) is 0.478. The van der Waals surface area contributed by atoms with Crippen LogP contribution in [0.1, 0.15) is 10.5 Å². The monoisotopic (exact) mass is 277 g/mol. The van der Waals surface area contributed by atoms with Gasteiger partial charge in [0.2, 0.25) is 12.3 Å². The van der Waals surface area contributed by atoms with Crippen molar-refractivity contribution in [2.75, 3.05) is 0 Å². The lowest BCUT2D eigenvalue weighted by atomic mass is 10.2. The highest BCUT2D eigenvalue weighted by atomic mass is 79.9. The van der Waals surface area contributed by atoms with Crippen LogP contribution in [0, 0.1) is 0 Å². The summed E-state index contributed by atoms with van der Waals surface area (Å²) in [5.74, 6) is -0.00231. The number of carbonyl (C=O) groups is 1. The average molecular weight is 278 g/mol. The first-order valence-corrected chi connectivity index (χ1v) is 5.65. The van der Waals surface area contributed by atoms with Gasteiger partial charge < -0.3 is 0 Å². The van der Waals surface area contributed by atoms with E-state index in [1.807, 2.05) is 35.2 Å². The summed E-state index contributed by atoms with van der Waals surface area (Å²) in [6.07, 6.45) is 3.71. The van der Waals surface area contributed by atoms with E-state index in [0.717, 1.165) is 0 Å². The van der Waals surface area contributed by atoms with E-state index in [1.165, 1.54) is 0 Å². The molecule has 2 aromatic rings. The number of ketones is 1. The van der Waals surface area contributed by atoms with Gasteiger partial charge >= 0.3 is 0 Å². The second kappa shape index (κ2) is 4.99. The van der Waals surface area contributed by atoms with Crippen molar-refractivity contribution in [3.63, 3.8) is 0 Å². The van der Waals surface area contributed by atoms with Crippen LogP contribution in [0.15, 0.2) is 53.4 Å². The predicted octanol–water partition coefficient (Wildman–Crippen LogP) is 2.01. The van der Waals surface area contributed by atoms with E-state index < -0.39 is 0 Å². The molecule has 0 fully saturated rings. The summed E-state index contributed by atoms with van der Waals surface area (Å²) in [4.78, 5) is 16.0. The highest BCUT2D eigenvalue weighted by molar-refractivity contribution is 9.10. The fourth-order valence-corrected chi connectivity index (χ4v) is 1.69. The van der Waals surface area contributed by atoms with Crippen LogP contribution in [0.4, 0.5) is 0 Å². The van der Waals surface area contributed by atoms with E-state index in [9.17, 15) is 4.79 Å². The molecule has 0 saturated carbocycles. The number of hydrogen-bond donors (Lipinski definition) is 0. The Hall–Kier alpha value is -1.55. The Balaban J connectivity index is 2.15. The lowest BCUT2D eigenvalue weighted by molar-refractivity contribution is -0.683. The number of hydrogen-bond acceptors (Lipinski definition) is 2. The molecule has 2 heterocycles. The first-order chi connectivity index (χ1) is 7.75. The number of aromatic nitrogens is 2. The van der Waals surface area contributed by atoms with Gasteiger partial charge in [-0.25, -0.2) is 4.98 Å². The number of halogens is 1. The molecule has 0 N–H and O–H groups in total. The van der Waals surface area contributed by atoms with Crippen molar-refractivity contribution in [2.24, 2.45) is 0 Å². The number of nitrogens with zero attached hydrogens (tertiary/aromatic N) is 2. The second-order valence-corrected chi connectivity index (χ2v) is 4.13. The third kappa shape index (κ3) is 2.73. The van der Waals surface area contributed by atoms with Crippen molar-refractivity contribution >= 4 is 21.7 Å². The normalized spacial score (nSPS) is 10.1. The van der Waals surface area contributed by atoms with Crippen LogP contribution in [0.25, 0.3) is 0 Å². The van der Waals surface area contributed by atoms with Gasteiger partial charge in [0.25, 0.3) is 0 Å². The molecule has 0 aromatic carbocycles. The SMILES string of the molecule is O=C(C[n+]1ccccc1)c1cccc(Br)n1. The Labute approximate surface area is 102 Å². The van der Waals surface area contributed by atoms with Crippen molar-refractivity contribution < 1.29 is 9.36 Å². The van der Waals surface area contributed by atoms with Crippen LogP contribution in [-0.4, -0.2) is 10.8 Å². The highest BCUT2D eigenvalue weighted by Crippen LogP contribution is 2.06. The Morgan fingerprint density at radius 2 is 1.94 bits per heavy atom. The first kappa shape index (κ1) is 11.0. The van der Waals surface area contributed by atoms with Gasteiger partial charge in [-0.15, -0.1) is 0 Å². The minimum atomic E-state index is -0.00231. The van der Waals surface area contributed by atoms with E-state index in [0.29, 0.717) is 16.8 Å². The molecule has 80 valence electrons. The molecular weight excluding hydrogens is 268 g/mol. The maximum atomic E-state index is 11.9. The molecule has 3 nitrogen and oxygen atoms in total. The lowest BCUT2D eigenvalue weighted by Gasteiger charge is -1.97. The maximum absolute atomic E-state index is 11.9. The molecule has 2 aromatic heterocycles. The van der Waals surface area contributed by atoms with Gasteiger partial charge in [0.1, 0.15) is 10.3 Å². The molecule has 16 heavy (non-hydrogen) atoms. The van der Waals surface area contributed by atoms with Crippen molar-refractivity contribution in [2.45, 2.75) is 6.54 Å². The van der Waals surface area contributed by atoms with Crippen LogP contribution < -0.4 is 4.57 Å². The summed E-state index contributed by atoms with van der Waals surface area (Å²) in [6, 6.07) is 11.0. The molecule has 0 aliphatic heterocycles. The molecule has 0 saturated heterocycles.